The Morgan fingerprint density at radius 2 is 2.21 bits per heavy atom. The molecule has 1 aliphatic heterocycles. The molecule has 0 radical (unpaired) electrons. The average molecular weight is 257 g/mol. The topological polar surface area (TPSA) is 69.2 Å². The highest BCUT2D eigenvalue weighted by atomic mass is 16.4. The van der Waals surface area contributed by atoms with Crippen molar-refractivity contribution in [1.29, 1.82) is 0 Å². The van der Waals surface area contributed by atoms with E-state index < -0.39 is 5.97 Å². The minimum atomic E-state index is -0.920. The second-order valence-electron chi connectivity index (χ2n) is 4.87. The van der Waals surface area contributed by atoms with Crippen LogP contribution in [0.15, 0.2) is 24.3 Å². The van der Waals surface area contributed by atoms with E-state index in [9.17, 15) is 9.90 Å². The van der Waals surface area contributed by atoms with Crippen LogP contribution >= 0.6 is 0 Å². The Morgan fingerprint density at radius 1 is 1.42 bits per heavy atom. The van der Waals surface area contributed by atoms with Crippen LogP contribution < -0.4 is 0 Å². The van der Waals surface area contributed by atoms with E-state index in [1.807, 2.05) is 12.1 Å². The molecule has 5 nitrogen and oxygen atoms in total. The number of aromatic carboxylic acids is 1. The number of hydrogen-bond donors (Lipinski definition) is 2. The lowest BCUT2D eigenvalue weighted by molar-refractivity contribution is 0.0697. The van der Waals surface area contributed by atoms with E-state index in [2.05, 4.69) is 22.1 Å². The van der Waals surface area contributed by atoms with Crippen molar-refractivity contribution in [3.63, 3.8) is 0 Å². The molecule has 0 atom stereocenters. The van der Waals surface area contributed by atoms with Crippen LogP contribution in [0.2, 0.25) is 0 Å². The highest BCUT2D eigenvalue weighted by molar-refractivity contribution is 5.95. The number of nitrogens with zero attached hydrogens (tertiary/aromatic N) is 2. The van der Waals surface area contributed by atoms with Crippen molar-refractivity contribution >= 4 is 5.97 Å². The van der Waals surface area contributed by atoms with E-state index in [1.54, 1.807) is 12.1 Å². The minimum absolute atomic E-state index is 0.296. The molecule has 3 rings (SSSR count). The predicted molar refractivity (Wildman–Crippen MR) is 71.0 cm³/mol. The maximum absolute atomic E-state index is 11.3. The van der Waals surface area contributed by atoms with Crippen LogP contribution in [0.25, 0.3) is 11.3 Å². The number of H-pyrrole nitrogens is 1. The Kier molecular flexibility index (Phi) is 2.83. The van der Waals surface area contributed by atoms with Crippen molar-refractivity contribution in [3.8, 4) is 11.3 Å². The van der Waals surface area contributed by atoms with Crippen molar-refractivity contribution in [2.24, 2.45) is 0 Å². The van der Waals surface area contributed by atoms with Crippen LogP contribution in [0, 0.1) is 0 Å². The van der Waals surface area contributed by atoms with Crippen molar-refractivity contribution in [1.82, 2.24) is 15.1 Å². The summed E-state index contributed by atoms with van der Waals surface area (Å²) in [6.45, 7) is 1.80. The molecule has 0 spiro atoms. The van der Waals surface area contributed by atoms with Crippen LogP contribution in [-0.4, -0.2) is 39.8 Å². The molecule has 0 aliphatic carbocycles. The number of aromatic nitrogens is 2. The predicted octanol–water partition coefficient (Wildman–Crippen LogP) is 1.76. The molecule has 2 aromatic rings. The van der Waals surface area contributed by atoms with Gasteiger partial charge in [-0.1, -0.05) is 18.2 Å². The Morgan fingerprint density at radius 3 is 3.00 bits per heavy atom. The molecule has 0 saturated carbocycles. The maximum atomic E-state index is 11.3. The summed E-state index contributed by atoms with van der Waals surface area (Å²) in [4.78, 5) is 13.5. The molecule has 0 fully saturated rings. The number of rotatable bonds is 2. The summed E-state index contributed by atoms with van der Waals surface area (Å²) in [5, 5.41) is 16.6. The lowest BCUT2D eigenvalue weighted by atomic mass is 9.98. The zero-order valence-electron chi connectivity index (χ0n) is 10.7. The summed E-state index contributed by atoms with van der Waals surface area (Å²) in [5.41, 5.74) is 3.98. The molecule has 2 heterocycles. The van der Waals surface area contributed by atoms with Gasteiger partial charge in [0.15, 0.2) is 0 Å². The van der Waals surface area contributed by atoms with Crippen LogP contribution in [0.1, 0.15) is 21.6 Å². The number of fused-ring (bicyclic) bond motifs is 1. The highest BCUT2D eigenvalue weighted by Gasteiger charge is 2.23. The molecule has 5 heteroatoms. The van der Waals surface area contributed by atoms with Gasteiger partial charge < -0.3 is 10.0 Å². The third kappa shape index (κ3) is 2.02. The van der Waals surface area contributed by atoms with E-state index in [4.69, 9.17) is 0 Å². The largest absolute Gasteiger partial charge is 0.478 e. The van der Waals surface area contributed by atoms with Crippen LogP contribution in [-0.2, 0) is 13.0 Å². The molecule has 98 valence electrons. The summed E-state index contributed by atoms with van der Waals surface area (Å²) >= 11 is 0. The van der Waals surface area contributed by atoms with E-state index in [-0.39, 0.29) is 0 Å². The summed E-state index contributed by atoms with van der Waals surface area (Å²) in [6.07, 6.45) is 0.925. The van der Waals surface area contributed by atoms with E-state index >= 15 is 0 Å². The third-order valence-corrected chi connectivity index (χ3v) is 3.54. The number of likely N-dealkylation sites (N-methyl/N-ethyl adjacent to an activating group) is 1. The Labute approximate surface area is 110 Å². The number of nitrogens with one attached hydrogen (secondary N) is 1. The van der Waals surface area contributed by atoms with Gasteiger partial charge in [0.2, 0.25) is 0 Å². The smallest absolute Gasteiger partial charge is 0.336 e. The van der Waals surface area contributed by atoms with Gasteiger partial charge in [0.05, 0.1) is 11.3 Å². The SMILES string of the molecule is CN1CCc2[nH]nc(-c3ccccc3C(=O)O)c2C1. The lowest BCUT2D eigenvalue weighted by Crippen LogP contribution is -2.26. The fourth-order valence-corrected chi connectivity index (χ4v) is 2.53. The first-order valence-corrected chi connectivity index (χ1v) is 6.24. The fraction of sp³-hybridized carbons (Fsp3) is 0.286. The van der Waals surface area contributed by atoms with Gasteiger partial charge in [0, 0.05) is 36.3 Å². The first-order chi connectivity index (χ1) is 9.16. The van der Waals surface area contributed by atoms with Gasteiger partial charge >= 0.3 is 5.97 Å². The highest BCUT2D eigenvalue weighted by Crippen LogP contribution is 2.30. The second-order valence-corrected chi connectivity index (χ2v) is 4.87. The van der Waals surface area contributed by atoms with Crippen LogP contribution in [0.4, 0.5) is 0 Å². The number of aromatic amines is 1. The first kappa shape index (κ1) is 11.9. The number of carboxylic acid groups (broad SMARTS) is 1. The monoisotopic (exact) mass is 257 g/mol. The van der Waals surface area contributed by atoms with Gasteiger partial charge in [-0.2, -0.15) is 5.10 Å². The molecular formula is C14H15N3O2. The molecule has 1 aromatic carbocycles. The number of carbonyl (C=O) groups is 1. The summed E-state index contributed by atoms with van der Waals surface area (Å²) in [6, 6.07) is 7.01. The third-order valence-electron chi connectivity index (χ3n) is 3.54. The number of benzene rings is 1. The van der Waals surface area contributed by atoms with E-state index in [0.29, 0.717) is 11.1 Å². The summed E-state index contributed by atoms with van der Waals surface area (Å²) < 4.78 is 0. The number of carboxylic acids is 1. The molecule has 19 heavy (non-hydrogen) atoms. The molecule has 2 N–H and O–H groups in total. The van der Waals surface area contributed by atoms with Gasteiger partial charge in [0.1, 0.15) is 0 Å². The first-order valence-electron chi connectivity index (χ1n) is 6.24. The quantitative estimate of drug-likeness (QED) is 0.860. The molecule has 1 aromatic heterocycles. The minimum Gasteiger partial charge on any atom is -0.478 e. The van der Waals surface area contributed by atoms with Crippen molar-refractivity contribution < 1.29 is 9.90 Å². The average Bonchev–Trinajstić information content (AvgIpc) is 2.81. The molecule has 0 saturated heterocycles. The Balaban J connectivity index is 2.13. The normalized spacial score (nSPS) is 15.2. The maximum Gasteiger partial charge on any atom is 0.336 e. The van der Waals surface area contributed by atoms with Crippen molar-refractivity contribution in [2.75, 3.05) is 13.6 Å². The van der Waals surface area contributed by atoms with Crippen LogP contribution in [0.5, 0.6) is 0 Å². The van der Waals surface area contributed by atoms with Crippen LogP contribution in [0.3, 0.4) is 0 Å². The Hall–Kier alpha value is -2.14. The van der Waals surface area contributed by atoms with Crippen molar-refractivity contribution in [2.45, 2.75) is 13.0 Å². The summed E-state index contributed by atoms with van der Waals surface area (Å²) in [7, 11) is 2.06. The van der Waals surface area contributed by atoms with E-state index in [0.717, 1.165) is 36.5 Å². The lowest BCUT2D eigenvalue weighted by Gasteiger charge is -2.22. The van der Waals surface area contributed by atoms with Gasteiger partial charge in [-0.15, -0.1) is 0 Å². The van der Waals surface area contributed by atoms with Gasteiger partial charge in [0.25, 0.3) is 0 Å². The second kappa shape index (κ2) is 4.51. The molecule has 0 bridgehead atoms. The molecule has 0 amide bonds. The molecule has 1 aliphatic rings. The zero-order valence-corrected chi connectivity index (χ0v) is 10.7. The van der Waals surface area contributed by atoms with Crippen molar-refractivity contribution in [3.05, 3.63) is 41.1 Å². The molecule has 0 unspecified atom stereocenters. The van der Waals surface area contributed by atoms with Gasteiger partial charge in [-0.25, -0.2) is 4.79 Å². The standard InChI is InChI=1S/C14H15N3O2/c1-17-7-6-12-11(8-17)13(16-15-12)9-4-2-3-5-10(9)14(18)19/h2-5H,6-8H2,1H3,(H,15,16)(H,18,19). The summed E-state index contributed by atoms with van der Waals surface area (Å²) in [5.74, 6) is -0.920. The zero-order chi connectivity index (χ0) is 13.4. The molecular weight excluding hydrogens is 242 g/mol. The van der Waals surface area contributed by atoms with E-state index in [1.165, 1.54) is 0 Å². The van der Waals surface area contributed by atoms with Gasteiger partial charge in [-0.05, 0) is 13.1 Å². The Bertz CT molecular complexity index is 633. The fourth-order valence-electron chi connectivity index (χ4n) is 2.53. The van der Waals surface area contributed by atoms with Gasteiger partial charge in [-0.3, -0.25) is 5.10 Å². The number of hydrogen-bond acceptors (Lipinski definition) is 3.